The van der Waals surface area contributed by atoms with E-state index in [1.54, 1.807) is 11.0 Å². The zero-order valence-corrected chi connectivity index (χ0v) is 17.9. The van der Waals surface area contributed by atoms with Gasteiger partial charge in [-0.15, -0.1) is 0 Å². The smallest absolute Gasteiger partial charge is 0.244 e. The molecule has 0 radical (unpaired) electrons. The summed E-state index contributed by atoms with van der Waals surface area (Å²) in [5.74, 6) is 0.788. The molecule has 3 aliphatic rings. The Labute approximate surface area is 175 Å². The highest BCUT2D eigenvalue weighted by molar-refractivity contribution is 5.75. The molecule has 0 bridgehead atoms. The lowest BCUT2D eigenvalue weighted by molar-refractivity contribution is -0.133. The quantitative estimate of drug-likeness (QED) is 0.668. The molecule has 0 spiro atoms. The van der Waals surface area contributed by atoms with Crippen LogP contribution >= 0.6 is 0 Å². The molecule has 29 heavy (non-hydrogen) atoms. The fourth-order valence-electron chi connectivity index (χ4n) is 5.47. The Morgan fingerprint density at radius 2 is 1.83 bits per heavy atom. The second-order valence-electron chi connectivity index (χ2n) is 9.28. The highest BCUT2D eigenvalue weighted by atomic mass is 16.2. The molecule has 4 rings (SSSR count). The monoisotopic (exact) mass is 402 g/mol. The predicted molar refractivity (Wildman–Crippen MR) is 113 cm³/mol. The number of piperidine rings is 2. The topological polar surface area (TPSA) is 57.5 Å². The fraction of sp³-hybridized carbons (Fsp3) is 0.864. The summed E-state index contributed by atoms with van der Waals surface area (Å²) in [6.45, 7) is 7.83. The fourth-order valence-corrected chi connectivity index (χ4v) is 5.47. The molecule has 1 aromatic rings. The first kappa shape index (κ1) is 20.8. The zero-order valence-electron chi connectivity index (χ0n) is 17.9. The molecule has 1 saturated carbocycles. The molecule has 1 unspecified atom stereocenters. The van der Waals surface area contributed by atoms with Gasteiger partial charge < -0.3 is 14.7 Å². The molecule has 3 fully saturated rings. The summed E-state index contributed by atoms with van der Waals surface area (Å²) in [4.78, 5) is 24.5. The Morgan fingerprint density at radius 1 is 1.00 bits per heavy atom. The van der Waals surface area contributed by atoms with Gasteiger partial charge in [0, 0.05) is 32.2 Å². The summed E-state index contributed by atoms with van der Waals surface area (Å²) in [6.07, 6.45) is 15.2. The second kappa shape index (κ2) is 10.5. The molecule has 1 atom stereocenters. The van der Waals surface area contributed by atoms with Crippen LogP contribution in [0.25, 0.3) is 0 Å². The van der Waals surface area contributed by atoms with E-state index in [1.165, 1.54) is 90.3 Å². The van der Waals surface area contributed by atoms with Gasteiger partial charge in [0.15, 0.2) is 0 Å². The van der Waals surface area contributed by atoms with E-state index in [1.807, 2.05) is 0 Å². The zero-order chi connectivity index (χ0) is 19.9. The van der Waals surface area contributed by atoms with Crippen LogP contribution < -0.4 is 0 Å². The van der Waals surface area contributed by atoms with E-state index in [2.05, 4.69) is 24.8 Å². The van der Waals surface area contributed by atoms with E-state index < -0.39 is 0 Å². The van der Waals surface area contributed by atoms with E-state index in [0.29, 0.717) is 12.5 Å². The third-order valence-corrected chi connectivity index (χ3v) is 7.12. The second-order valence-corrected chi connectivity index (χ2v) is 9.28. The van der Waals surface area contributed by atoms with Gasteiger partial charge in [0.25, 0.3) is 0 Å². The predicted octanol–water partition coefficient (Wildman–Crippen LogP) is 2.25. The van der Waals surface area contributed by atoms with E-state index in [9.17, 15) is 4.79 Å². The van der Waals surface area contributed by atoms with Crippen LogP contribution in [-0.4, -0.2) is 87.2 Å². The first-order valence-electron chi connectivity index (χ1n) is 11.8. The Morgan fingerprint density at radius 3 is 2.59 bits per heavy atom. The van der Waals surface area contributed by atoms with Crippen LogP contribution in [0.5, 0.6) is 0 Å². The standard InChI is InChI=1S/C22H38N6O/c29-22(17-28-19-23-18-24-28)27(14-13-25-10-4-1-5-11-25)16-20-7-6-12-26(15-20)21-8-2-3-9-21/h18-21H,1-17H2. The highest BCUT2D eigenvalue weighted by Gasteiger charge is 2.30. The minimum atomic E-state index is 0.186. The lowest BCUT2D eigenvalue weighted by Gasteiger charge is -2.39. The van der Waals surface area contributed by atoms with Crippen LogP contribution in [0.3, 0.4) is 0 Å². The molecule has 3 heterocycles. The minimum Gasteiger partial charge on any atom is -0.339 e. The summed E-state index contributed by atoms with van der Waals surface area (Å²) in [6, 6.07) is 0.797. The van der Waals surface area contributed by atoms with Crippen molar-refractivity contribution in [1.82, 2.24) is 29.5 Å². The average molecular weight is 403 g/mol. The van der Waals surface area contributed by atoms with Gasteiger partial charge in [-0.3, -0.25) is 4.79 Å². The molecule has 0 aromatic carbocycles. The van der Waals surface area contributed by atoms with Gasteiger partial charge in [0.2, 0.25) is 5.91 Å². The largest absolute Gasteiger partial charge is 0.339 e. The number of rotatable bonds is 8. The van der Waals surface area contributed by atoms with Crippen LogP contribution in [0.1, 0.15) is 57.8 Å². The Hall–Kier alpha value is -1.47. The van der Waals surface area contributed by atoms with E-state index in [4.69, 9.17) is 0 Å². The number of likely N-dealkylation sites (tertiary alicyclic amines) is 2. The maximum absolute atomic E-state index is 13.1. The summed E-state index contributed by atoms with van der Waals surface area (Å²) < 4.78 is 1.65. The van der Waals surface area contributed by atoms with Crippen molar-refractivity contribution in [2.75, 3.05) is 45.8 Å². The molecular formula is C22H38N6O. The molecule has 0 N–H and O–H groups in total. The lowest BCUT2D eigenvalue weighted by atomic mass is 9.95. The van der Waals surface area contributed by atoms with E-state index in [-0.39, 0.29) is 5.91 Å². The summed E-state index contributed by atoms with van der Waals surface area (Å²) in [5, 5.41) is 4.14. The molecule has 7 heteroatoms. The van der Waals surface area contributed by atoms with Crippen molar-refractivity contribution in [3.63, 3.8) is 0 Å². The first-order valence-corrected chi connectivity index (χ1v) is 11.8. The number of aromatic nitrogens is 3. The van der Waals surface area contributed by atoms with E-state index >= 15 is 0 Å². The van der Waals surface area contributed by atoms with Gasteiger partial charge >= 0.3 is 0 Å². The van der Waals surface area contributed by atoms with Crippen LogP contribution in [0, 0.1) is 5.92 Å². The third kappa shape index (κ3) is 6.01. The third-order valence-electron chi connectivity index (χ3n) is 7.12. The SMILES string of the molecule is O=C(Cn1cncn1)N(CCN1CCCCC1)CC1CCCN(C2CCCC2)C1. The average Bonchev–Trinajstić information content (AvgIpc) is 3.46. The molecule has 162 valence electrons. The lowest BCUT2D eigenvalue weighted by Crippen LogP contribution is -2.48. The van der Waals surface area contributed by atoms with Crippen molar-refractivity contribution in [2.24, 2.45) is 5.92 Å². The van der Waals surface area contributed by atoms with Gasteiger partial charge in [-0.2, -0.15) is 5.10 Å². The first-order chi connectivity index (χ1) is 14.3. The van der Waals surface area contributed by atoms with Gasteiger partial charge in [-0.05, 0) is 64.1 Å². The van der Waals surface area contributed by atoms with Crippen molar-refractivity contribution < 1.29 is 4.79 Å². The van der Waals surface area contributed by atoms with Gasteiger partial charge in [-0.1, -0.05) is 19.3 Å². The molecule has 7 nitrogen and oxygen atoms in total. The molecule has 2 aliphatic heterocycles. The molecule has 2 saturated heterocycles. The van der Waals surface area contributed by atoms with Crippen LogP contribution in [0.15, 0.2) is 12.7 Å². The van der Waals surface area contributed by atoms with Gasteiger partial charge in [0.05, 0.1) is 0 Å². The van der Waals surface area contributed by atoms with Crippen molar-refractivity contribution in [3.8, 4) is 0 Å². The maximum atomic E-state index is 13.1. The molecule has 1 aliphatic carbocycles. The van der Waals surface area contributed by atoms with Crippen molar-refractivity contribution in [1.29, 1.82) is 0 Å². The van der Waals surface area contributed by atoms with Crippen molar-refractivity contribution in [2.45, 2.75) is 70.4 Å². The van der Waals surface area contributed by atoms with E-state index in [0.717, 1.165) is 25.7 Å². The Kier molecular flexibility index (Phi) is 7.55. The summed E-state index contributed by atoms with van der Waals surface area (Å²) >= 11 is 0. The summed E-state index contributed by atoms with van der Waals surface area (Å²) in [5.41, 5.74) is 0. The summed E-state index contributed by atoms with van der Waals surface area (Å²) in [7, 11) is 0. The number of hydrogen-bond acceptors (Lipinski definition) is 5. The molecule has 1 aromatic heterocycles. The van der Waals surface area contributed by atoms with Crippen LogP contribution in [-0.2, 0) is 11.3 Å². The number of carbonyl (C=O) groups excluding carboxylic acids is 1. The van der Waals surface area contributed by atoms with Crippen molar-refractivity contribution >= 4 is 5.91 Å². The van der Waals surface area contributed by atoms with Gasteiger partial charge in [-0.25, -0.2) is 9.67 Å². The van der Waals surface area contributed by atoms with Crippen LogP contribution in [0.2, 0.25) is 0 Å². The number of hydrogen-bond donors (Lipinski definition) is 0. The molecular weight excluding hydrogens is 364 g/mol. The minimum absolute atomic E-state index is 0.186. The van der Waals surface area contributed by atoms with Gasteiger partial charge in [0.1, 0.15) is 19.2 Å². The number of nitrogens with zero attached hydrogens (tertiary/aromatic N) is 6. The Bertz CT molecular complexity index is 609. The van der Waals surface area contributed by atoms with Crippen molar-refractivity contribution in [3.05, 3.63) is 12.7 Å². The normalized spacial score (nSPS) is 24.8. The maximum Gasteiger partial charge on any atom is 0.244 e. The van der Waals surface area contributed by atoms with Crippen LogP contribution in [0.4, 0.5) is 0 Å². The Balaban J connectivity index is 1.34. The highest BCUT2D eigenvalue weighted by Crippen LogP contribution is 2.28. The number of carbonyl (C=O) groups is 1. The number of amides is 1. The molecule has 1 amide bonds.